The molecule has 0 aliphatic rings. The number of amides is 1. The maximum absolute atomic E-state index is 13.0. The van der Waals surface area contributed by atoms with Crippen molar-refractivity contribution in [3.05, 3.63) is 63.9 Å². The van der Waals surface area contributed by atoms with Crippen LogP contribution in [0.5, 0.6) is 5.75 Å². The van der Waals surface area contributed by atoms with E-state index < -0.39 is 0 Å². The molecule has 4 nitrogen and oxygen atoms in total. The summed E-state index contributed by atoms with van der Waals surface area (Å²) < 4.78 is 19.2. The quantitative estimate of drug-likeness (QED) is 0.494. The third-order valence-electron chi connectivity index (χ3n) is 2.91. The minimum atomic E-state index is -0.339. The number of carbonyl (C=O) groups excluding carboxylic acids is 1. The molecule has 0 saturated heterocycles. The molecule has 21 heavy (non-hydrogen) atoms. The summed E-state index contributed by atoms with van der Waals surface area (Å²) in [6.07, 6.45) is 0.181. The molecule has 0 aromatic heterocycles. The molecule has 2 rings (SSSR count). The first kappa shape index (κ1) is 15.5. The van der Waals surface area contributed by atoms with Crippen molar-refractivity contribution in [1.29, 1.82) is 0 Å². The van der Waals surface area contributed by atoms with Gasteiger partial charge in [0.1, 0.15) is 18.2 Å². The SMILES string of the molecule is NNC(=O)Cc1ccccc1COc1ccc(F)cc1Br. The van der Waals surface area contributed by atoms with Crippen LogP contribution in [0.1, 0.15) is 11.1 Å². The number of carbonyl (C=O) groups is 1. The van der Waals surface area contributed by atoms with Crippen LogP contribution in [-0.2, 0) is 17.8 Å². The molecule has 0 aliphatic carbocycles. The van der Waals surface area contributed by atoms with E-state index in [1.54, 1.807) is 6.07 Å². The van der Waals surface area contributed by atoms with Gasteiger partial charge in [-0.2, -0.15) is 0 Å². The summed E-state index contributed by atoms with van der Waals surface area (Å²) in [5, 5.41) is 0. The van der Waals surface area contributed by atoms with Gasteiger partial charge in [0.05, 0.1) is 10.9 Å². The van der Waals surface area contributed by atoms with Crippen LogP contribution >= 0.6 is 15.9 Å². The van der Waals surface area contributed by atoms with Gasteiger partial charge in [-0.15, -0.1) is 0 Å². The van der Waals surface area contributed by atoms with Gasteiger partial charge in [0.25, 0.3) is 0 Å². The summed E-state index contributed by atoms with van der Waals surface area (Å²) >= 11 is 3.25. The van der Waals surface area contributed by atoms with E-state index in [0.29, 0.717) is 10.2 Å². The van der Waals surface area contributed by atoms with Gasteiger partial charge in [0.15, 0.2) is 0 Å². The van der Waals surface area contributed by atoms with Gasteiger partial charge < -0.3 is 4.74 Å². The van der Waals surface area contributed by atoms with E-state index >= 15 is 0 Å². The highest BCUT2D eigenvalue weighted by Gasteiger charge is 2.08. The van der Waals surface area contributed by atoms with Crippen LogP contribution in [0.25, 0.3) is 0 Å². The Hall–Kier alpha value is -1.92. The van der Waals surface area contributed by atoms with E-state index in [0.717, 1.165) is 11.1 Å². The highest BCUT2D eigenvalue weighted by atomic mass is 79.9. The molecule has 0 spiro atoms. The van der Waals surface area contributed by atoms with Crippen LogP contribution in [-0.4, -0.2) is 5.91 Å². The summed E-state index contributed by atoms with van der Waals surface area (Å²) in [6.45, 7) is 0.276. The average molecular weight is 353 g/mol. The summed E-state index contributed by atoms with van der Waals surface area (Å²) in [6, 6.07) is 11.6. The lowest BCUT2D eigenvalue weighted by Gasteiger charge is -2.11. The Bertz CT molecular complexity index is 649. The van der Waals surface area contributed by atoms with E-state index in [2.05, 4.69) is 21.4 Å². The molecule has 3 N–H and O–H groups in total. The molecule has 6 heteroatoms. The number of benzene rings is 2. The Balaban J connectivity index is 2.11. The number of rotatable bonds is 5. The summed E-state index contributed by atoms with van der Waals surface area (Å²) in [4.78, 5) is 11.4. The Kier molecular flexibility index (Phi) is 5.30. The first-order chi connectivity index (χ1) is 10.1. The lowest BCUT2D eigenvalue weighted by molar-refractivity contribution is -0.120. The van der Waals surface area contributed by atoms with Crippen molar-refractivity contribution >= 4 is 21.8 Å². The summed E-state index contributed by atoms with van der Waals surface area (Å²) in [7, 11) is 0. The number of nitrogens with one attached hydrogen (secondary N) is 1. The highest BCUT2D eigenvalue weighted by Crippen LogP contribution is 2.26. The summed E-state index contributed by atoms with van der Waals surface area (Å²) in [5.74, 6) is 5.02. The van der Waals surface area contributed by atoms with E-state index in [-0.39, 0.29) is 24.8 Å². The Morgan fingerprint density at radius 2 is 1.95 bits per heavy atom. The van der Waals surface area contributed by atoms with Gasteiger partial charge in [-0.25, -0.2) is 10.2 Å². The molecule has 0 radical (unpaired) electrons. The van der Waals surface area contributed by atoms with Crippen molar-refractivity contribution in [2.75, 3.05) is 0 Å². The molecule has 0 heterocycles. The second-order valence-corrected chi connectivity index (χ2v) is 5.23. The zero-order chi connectivity index (χ0) is 15.2. The fraction of sp³-hybridized carbons (Fsp3) is 0.133. The fourth-order valence-electron chi connectivity index (χ4n) is 1.84. The van der Waals surface area contributed by atoms with Gasteiger partial charge >= 0.3 is 0 Å². The van der Waals surface area contributed by atoms with Gasteiger partial charge in [-0.1, -0.05) is 24.3 Å². The summed E-state index contributed by atoms with van der Waals surface area (Å²) in [5.41, 5.74) is 3.81. The number of hydrazine groups is 1. The third kappa shape index (κ3) is 4.27. The molecular weight excluding hydrogens is 339 g/mol. The van der Waals surface area contributed by atoms with Crippen LogP contribution in [0, 0.1) is 5.82 Å². The lowest BCUT2D eigenvalue weighted by atomic mass is 10.1. The van der Waals surface area contributed by atoms with Crippen LogP contribution in [0.4, 0.5) is 4.39 Å². The molecular formula is C15H14BrFN2O2. The second kappa shape index (κ2) is 7.19. The van der Waals surface area contributed by atoms with Crippen LogP contribution in [0.2, 0.25) is 0 Å². The molecule has 0 bridgehead atoms. The number of nitrogens with two attached hydrogens (primary N) is 1. The van der Waals surface area contributed by atoms with Gasteiger partial charge in [-0.3, -0.25) is 10.2 Å². The monoisotopic (exact) mass is 352 g/mol. The minimum absolute atomic E-state index is 0.181. The Morgan fingerprint density at radius 3 is 2.62 bits per heavy atom. The van der Waals surface area contributed by atoms with Crippen molar-refractivity contribution in [3.8, 4) is 5.75 Å². The maximum Gasteiger partial charge on any atom is 0.238 e. The first-order valence-electron chi connectivity index (χ1n) is 6.24. The maximum atomic E-state index is 13.0. The van der Waals surface area contributed by atoms with E-state index in [9.17, 15) is 9.18 Å². The number of ether oxygens (including phenoxy) is 1. The molecule has 0 atom stereocenters. The molecule has 2 aromatic rings. The van der Waals surface area contributed by atoms with E-state index in [1.165, 1.54) is 12.1 Å². The molecule has 110 valence electrons. The average Bonchev–Trinajstić information content (AvgIpc) is 2.47. The predicted molar refractivity (Wildman–Crippen MR) is 80.9 cm³/mol. The number of hydrogen-bond donors (Lipinski definition) is 2. The molecule has 0 unspecified atom stereocenters. The van der Waals surface area contributed by atoms with Crippen molar-refractivity contribution in [2.45, 2.75) is 13.0 Å². The van der Waals surface area contributed by atoms with Crippen LogP contribution < -0.4 is 16.0 Å². The van der Waals surface area contributed by atoms with Crippen molar-refractivity contribution in [2.24, 2.45) is 5.84 Å². The molecule has 0 aliphatic heterocycles. The standard InChI is InChI=1S/C15H14BrFN2O2/c16-13-8-12(17)5-6-14(13)21-9-11-4-2-1-3-10(11)7-15(20)19-18/h1-6,8H,7,9,18H2,(H,19,20). The van der Waals surface area contributed by atoms with Crippen molar-refractivity contribution < 1.29 is 13.9 Å². The Labute approximate surface area is 130 Å². The molecule has 0 saturated carbocycles. The lowest BCUT2D eigenvalue weighted by Crippen LogP contribution is -2.31. The zero-order valence-corrected chi connectivity index (χ0v) is 12.7. The zero-order valence-electron chi connectivity index (χ0n) is 11.1. The van der Waals surface area contributed by atoms with Gasteiger partial charge in [0.2, 0.25) is 5.91 Å². The largest absolute Gasteiger partial charge is 0.488 e. The smallest absolute Gasteiger partial charge is 0.238 e. The molecule has 1 amide bonds. The first-order valence-corrected chi connectivity index (χ1v) is 7.03. The minimum Gasteiger partial charge on any atom is -0.488 e. The number of halogens is 2. The predicted octanol–water partition coefficient (Wildman–Crippen LogP) is 2.70. The normalized spacial score (nSPS) is 10.2. The molecule has 0 fully saturated rings. The fourth-order valence-corrected chi connectivity index (χ4v) is 2.31. The van der Waals surface area contributed by atoms with Crippen molar-refractivity contribution in [1.82, 2.24) is 5.43 Å². The van der Waals surface area contributed by atoms with E-state index in [1.807, 2.05) is 24.3 Å². The second-order valence-electron chi connectivity index (χ2n) is 4.38. The number of hydrogen-bond acceptors (Lipinski definition) is 3. The Morgan fingerprint density at radius 1 is 1.24 bits per heavy atom. The van der Waals surface area contributed by atoms with Crippen LogP contribution in [0.15, 0.2) is 46.9 Å². The van der Waals surface area contributed by atoms with E-state index in [4.69, 9.17) is 10.6 Å². The highest BCUT2D eigenvalue weighted by molar-refractivity contribution is 9.10. The van der Waals surface area contributed by atoms with Crippen molar-refractivity contribution in [3.63, 3.8) is 0 Å². The molecule has 2 aromatic carbocycles. The topological polar surface area (TPSA) is 64.3 Å². The van der Waals surface area contributed by atoms with Gasteiger partial charge in [0, 0.05) is 0 Å². The van der Waals surface area contributed by atoms with Crippen LogP contribution in [0.3, 0.4) is 0 Å². The third-order valence-corrected chi connectivity index (χ3v) is 3.53. The van der Waals surface area contributed by atoms with Gasteiger partial charge in [-0.05, 0) is 45.3 Å².